The van der Waals surface area contributed by atoms with Gasteiger partial charge in [-0.25, -0.2) is 0 Å². The lowest BCUT2D eigenvalue weighted by molar-refractivity contribution is -0.128. The fourth-order valence-electron chi connectivity index (χ4n) is 3.19. The zero-order valence-electron chi connectivity index (χ0n) is 17.6. The number of rotatable bonds is 7. The van der Waals surface area contributed by atoms with E-state index in [-0.39, 0.29) is 5.91 Å². The van der Waals surface area contributed by atoms with Gasteiger partial charge in [-0.15, -0.1) is 0 Å². The van der Waals surface area contributed by atoms with Gasteiger partial charge in [0.15, 0.2) is 5.96 Å². The van der Waals surface area contributed by atoms with E-state index >= 15 is 0 Å². The quantitative estimate of drug-likeness (QED) is 0.567. The van der Waals surface area contributed by atoms with Crippen LogP contribution >= 0.6 is 0 Å². The molecule has 5 nitrogen and oxygen atoms in total. The number of nitrogens with one attached hydrogen (secondary N) is 2. The molecule has 5 heteroatoms. The van der Waals surface area contributed by atoms with Gasteiger partial charge in [0.2, 0.25) is 5.91 Å². The van der Waals surface area contributed by atoms with Crippen molar-refractivity contribution in [1.82, 2.24) is 15.5 Å². The zero-order chi connectivity index (χ0) is 19.9. The zero-order valence-corrected chi connectivity index (χ0v) is 17.6. The number of likely N-dealkylation sites (tertiary alicyclic amines) is 1. The molecule has 1 saturated heterocycles. The molecule has 1 aliphatic rings. The highest BCUT2D eigenvalue weighted by Gasteiger charge is 2.19. The molecular weight excluding hydrogens is 336 g/mol. The third-order valence-electron chi connectivity index (χ3n) is 4.96. The fourth-order valence-corrected chi connectivity index (χ4v) is 3.19. The molecule has 0 aliphatic carbocycles. The van der Waals surface area contributed by atoms with E-state index in [1.54, 1.807) is 0 Å². The molecule has 0 bridgehead atoms. The van der Waals surface area contributed by atoms with Gasteiger partial charge in [-0.05, 0) is 42.7 Å². The van der Waals surface area contributed by atoms with Crippen molar-refractivity contribution in [3.05, 3.63) is 35.4 Å². The maximum atomic E-state index is 11.7. The van der Waals surface area contributed by atoms with Crippen LogP contribution in [0.15, 0.2) is 29.3 Å². The highest BCUT2D eigenvalue weighted by Crippen LogP contribution is 2.21. The second-order valence-corrected chi connectivity index (χ2v) is 8.81. The molecule has 2 rings (SSSR count). The lowest BCUT2D eigenvalue weighted by atomic mass is 9.89. The van der Waals surface area contributed by atoms with Gasteiger partial charge in [-0.1, -0.05) is 45.0 Å². The first-order valence-electron chi connectivity index (χ1n) is 10.1. The van der Waals surface area contributed by atoms with Gasteiger partial charge >= 0.3 is 0 Å². The summed E-state index contributed by atoms with van der Waals surface area (Å²) in [6.45, 7) is 11.4. The predicted octanol–water partition coefficient (Wildman–Crippen LogP) is 3.69. The third kappa shape index (κ3) is 7.61. The summed E-state index contributed by atoms with van der Waals surface area (Å²) < 4.78 is 0. The van der Waals surface area contributed by atoms with Crippen LogP contribution in [0.3, 0.4) is 0 Å². The second-order valence-electron chi connectivity index (χ2n) is 8.81. The second kappa shape index (κ2) is 9.77. The molecule has 1 amide bonds. The van der Waals surface area contributed by atoms with Crippen molar-refractivity contribution in [1.29, 1.82) is 0 Å². The fraction of sp³-hybridized carbons (Fsp3) is 0.636. The summed E-state index contributed by atoms with van der Waals surface area (Å²) in [5, 5.41) is 6.86. The predicted molar refractivity (Wildman–Crippen MR) is 113 cm³/mol. The number of carbonyl (C=O) groups excluding carboxylic acids is 1. The van der Waals surface area contributed by atoms with Crippen LogP contribution in [0.2, 0.25) is 0 Å². The van der Waals surface area contributed by atoms with Crippen LogP contribution < -0.4 is 10.6 Å². The van der Waals surface area contributed by atoms with E-state index in [1.165, 1.54) is 17.5 Å². The van der Waals surface area contributed by atoms with Gasteiger partial charge in [0.1, 0.15) is 0 Å². The molecule has 27 heavy (non-hydrogen) atoms. The lowest BCUT2D eigenvalue weighted by Crippen LogP contribution is -2.42. The summed E-state index contributed by atoms with van der Waals surface area (Å²) in [6, 6.07) is 8.87. The van der Waals surface area contributed by atoms with Crippen LogP contribution in [0.5, 0.6) is 0 Å². The molecule has 1 aliphatic heterocycles. The first-order chi connectivity index (χ1) is 12.8. The molecule has 0 aromatic heterocycles. The molecule has 1 aromatic rings. The van der Waals surface area contributed by atoms with Crippen LogP contribution in [0, 0.1) is 5.41 Å². The average molecular weight is 373 g/mol. The van der Waals surface area contributed by atoms with Crippen molar-refractivity contribution >= 4 is 11.9 Å². The van der Waals surface area contributed by atoms with Crippen LogP contribution in [0.1, 0.15) is 64.5 Å². The Bertz CT molecular complexity index is 631. The Labute approximate surface area is 164 Å². The number of hydrogen-bond donors (Lipinski definition) is 2. The molecule has 1 fully saturated rings. The number of carbonyl (C=O) groups is 1. The first kappa shape index (κ1) is 21.3. The van der Waals surface area contributed by atoms with E-state index in [0.29, 0.717) is 17.9 Å². The van der Waals surface area contributed by atoms with Crippen molar-refractivity contribution in [2.75, 3.05) is 13.6 Å². The van der Waals surface area contributed by atoms with Gasteiger partial charge in [0, 0.05) is 39.1 Å². The van der Waals surface area contributed by atoms with E-state index < -0.39 is 0 Å². The smallest absolute Gasteiger partial charge is 0.222 e. The number of aliphatic imine (C=N–C) groups is 1. The molecular formula is C22H36N4O. The van der Waals surface area contributed by atoms with Crippen LogP contribution in [0.4, 0.5) is 0 Å². The topological polar surface area (TPSA) is 56.7 Å². The highest BCUT2D eigenvalue weighted by molar-refractivity contribution is 5.80. The summed E-state index contributed by atoms with van der Waals surface area (Å²) in [5.74, 6) is 1.11. The number of hydrogen-bond acceptors (Lipinski definition) is 2. The first-order valence-corrected chi connectivity index (χ1v) is 10.1. The number of guanidine groups is 1. The van der Waals surface area contributed by atoms with Crippen LogP contribution in [-0.2, 0) is 17.9 Å². The summed E-state index contributed by atoms with van der Waals surface area (Å²) in [4.78, 5) is 18.0. The van der Waals surface area contributed by atoms with E-state index in [2.05, 4.69) is 67.6 Å². The van der Waals surface area contributed by atoms with E-state index in [9.17, 15) is 4.79 Å². The Morgan fingerprint density at radius 2 is 1.89 bits per heavy atom. The average Bonchev–Trinajstić information content (AvgIpc) is 3.02. The minimum Gasteiger partial charge on any atom is -0.354 e. The normalized spacial score (nSPS) is 16.6. The summed E-state index contributed by atoms with van der Waals surface area (Å²) in [7, 11) is 1.81. The third-order valence-corrected chi connectivity index (χ3v) is 4.96. The molecule has 1 unspecified atom stereocenters. The maximum Gasteiger partial charge on any atom is 0.222 e. The maximum absolute atomic E-state index is 11.7. The Morgan fingerprint density at radius 3 is 2.44 bits per heavy atom. The standard InChI is InChI=1S/C22H36N4O/c1-17(12-13-22(2,3)4)25-21(23-5)24-15-18-8-10-19(11-9-18)16-26-14-6-7-20(26)27/h8-11,17H,6-7,12-16H2,1-5H3,(H2,23,24,25). The van der Waals surface area contributed by atoms with Crippen molar-refractivity contribution in [3.63, 3.8) is 0 Å². The van der Waals surface area contributed by atoms with Gasteiger partial charge in [0.25, 0.3) is 0 Å². The van der Waals surface area contributed by atoms with Gasteiger partial charge in [-0.3, -0.25) is 9.79 Å². The molecule has 0 saturated carbocycles. The van der Waals surface area contributed by atoms with Gasteiger partial charge in [0.05, 0.1) is 0 Å². The highest BCUT2D eigenvalue weighted by atomic mass is 16.2. The molecule has 1 atom stereocenters. The summed E-state index contributed by atoms with van der Waals surface area (Å²) in [5.41, 5.74) is 2.75. The molecule has 0 spiro atoms. The minimum atomic E-state index is 0.274. The Hall–Kier alpha value is -2.04. The lowest BCUT2D eigenvalue weighted by Gasteiger charge is -2.23. The van der Waals surface area contributed by atoms with E-state index in [0.717, 1.165) is 38.4 Å². The monoisotopic (exact) mass is 372 g/mol. The minimum absolute atomic E-state index is 0.274. The van der Waals surface area contributed by atoms with Crippen molar-refractivity contribution in [2.24, 2.45) is 10.4 Å². The van der Waals surface area contributed by atoms with Crippen molar-refractivity contribution in [2.45, 2.75) is 72.5 Å². The summed E-state index contributed by atoms with van der Waals surface area (Å²) >= 11 is 0. The van der Waals surface area contributed by atoms with E-state index in [4.69, 9.17) is 0 Å². The van der Waals surface area contributed by atoms with Gasteiger partial charge < -0.3 is 15.5 Å². The number of benzene rings is 1. The van der Waals surface area contributed by atoms with Gasteiger partial charge in [-0.2, -0.15) is 0 Å². The number of nitrogens with zero attached hydrogens (tertiary/aromatic N) is 2. The Kier molecular flexibility index (Phi) is 7.69. The van der Waals surface area contributed by atoms with E-state index in [1.807, 2.05) is 11.9 Å². The van der Waals surface area contributed by atoms with Crippen LogP contribution in [-0.4, -0.2) is 36.4 Å². The van der Waals surface area contributed by atoms with Crippen molar-refractivity contribution < 1.29 is 4.79 Å². The molecule has 1 aromatic carbocycles. The molecule has 0 radical (unpaired) electrons. The Morgan fingerprint density at radius 1 is 1.22 bits per heavy atom. The van der Waals surface area contributed by atoms with Crippen molar-refractivity contribution in [3.8, 4) is 0 Å². The number of amides is 1. The van der Waals surface area contributed by atoms with Crippen LogP contribution in [0.25, 0.3) is 0 Å². The molecule has 1 heterocycles. The summed E-state index contributed by atoms with van der Waals surface area (Å²) in [6.07, 6.45) is 3.98. The molecule has 150 valence electrons. The Balaban J connectivity index is 1.77. The molecule has 2 N–H and O–H groups in total. The SMILES string of the molecule is CN=C(NCc1ccc(CN2CCCC2=O)cc1)NC(C)CCC(C)(C)C. The largest absolute Gasteiger partial charge is 0.354 e.